The van der Waals surface area contributed by atoms with Gasteiger partial charge in [0.15, 0.2) is 0 Å². The van der Waals surface area contributed by atoms with Gasteiger partial charge in [-0.25, -0.2) is 0 Å². The maximum atomic E-state index is 6.24. The number of nitrogens with two attached hydrogens (primary N) is 1. The van der Waals surface area contributed by atoms with Gasteiger partial charge in [-0.3, -0.25) is 0 Å². The highest BCUT2D eigenvalue weighted by Gasteiger charge is 2.31. The first-order valence-corrected chi connectivity index (χ1v) is 7.63. The van der Waals surface area contributed by atoms with Crippen LogP contribution in [0.3, 0.4) is 0 Å². The second-order valence-corrected chi connectivity index (χ2v) is 6.46. The first-order chi connectivity index (χ1) is 8.68. The second kappa shape index (κ2) is 4.73. The monoisotopic (exact) mass is 246 g/mol. The molecule has 2 N–H and O–H groups in total. The molecule has 2 heteroatoms. The fourth-order valence-electron chi connectivity index (χ4n) is 4.01. The third-order valence-corrected chi connectivity index (χ3v) is 5.41. The molecule has 100 valence electrons. The minimum atomic E-state index is 0.284. The second-order valence-electron chi connectivity index (χ2n) is 6.46. The molecule has 1 saturated carbocycles. The molecule has 0 spiro atoms. The third-order valence-electron chi connectivity index (χ3n) is 5.41. The summed E-state index contributed by atoms with van der Waals surface area (Å²) in [6, 6.07) is 3.28. The maximum Gasteiger partial charge on any atom is 0.0361 e. The van der Waals surface area contributed by atoms with E-state index in [-0.39, 0.29) is 6.04 Å². The van der Waals surface area contributed by atoms with E-state index < -0.39 is 0 Å². The molecule has 0 bridgehead atoms. The van der Waals surface area contributed by atoms with Crippen LogP contribution in [0.2, 0.25) is 0 Å². The molecular weight excluding hydrogens is 220 g/mol. The normalized spacial score (nSPS) is 36.4. The highest BCUT2D eigenvalue weighted by molar-refractivity contribution is 5.29. The lowest BCUT2D eigenvalue weighted by Gasteiger charge is -2.37. The zero-order valence-electron chi connectivity index (χ0n) is 11.7. The van der Waals surface area contributed by atoms with Crippen molar-refractivity contribution in [1.29, 1.82) is 0 Å². The van der Waals surface area contributed by atoms with Crippen molar-refractivity contribution < 1.29 is 0 Å². The zero-order valence-corrected chi connectivity index (χ0v) is 11.7. The van der Waals surface area contributed by atoms with Gasteiger partial charge >= 0.3 is 0 Å². The zero-order chi connectivity index (χ0) is 12.7. The number of hydrogen-bond donors (Lipinski definition) is 1. The van der Waals surface area contributed by atoms with Gasteiger partial charge in [-0.2, -0.15) is 0 Å². The van der Waals surface area contributed by atoms with E-state index in [1.807, 2.05) is 0 Å². The number of aromatic nitrogens is 1. The molecule has 0 aromatic carbocycles. The molecule has 0 amide bonds. The summed E-state index contributed by atoms with van der Waals surface area (Å²) in [6.45, 7) is 4.85. The molecule has 1 aromatic heterocycles. The van der Waals surface area contributed by atoms with E-state index in [0.29, 0.717) is 6.04 Å². The van der Waals surface area contributed by atoms with E-state index in [0.717, 1.165) is 18.3 Å². The molecule has 0 radical (unpaired) electrons. The van der Waals surface area contributed by atoms with Gasteiger partial charge in [0.05, 0.1) is 0 Å². The fourth-order valence-corrected chi connectivity index (χ4v) is 4.01. The van der Waals surface area contributed by atoms with Crippen molar-refractivity contribution in [2.45, 2.75) is 64.5 Å². The first kappa shape index (κ1) is 12.3. The lowest BCUT2D eigenvalue weighted by molar-refractivity contribution is 0.183. The van der Waals surface area contributed by atoms with Gasteiger partial charge in [0.2, 0.25) is 0 Å². The van der Waals surface area contributed by atoms with Crippen LogP contribution in [-0.2, 0) is 6.42 Å². The summed E-state index contributed by atoms with van der Waals surface area (Å²) >= 11 is 0. The molecule has 18 heavy (non-hydrogen) atoms. The Morgan fingerprint density at radius 2 is 2.00 bits per heavy atom. The summed E-state index contributed by atoms with van der Waals surface area (Å²) in [4.78, 5) is 0. The summed E-state index contributed by atoms with van der Waals surface area (Å²) < 4.78 is 2.58. The summed E-state index contributed by atoms with van der Waals surface area (Å²) in [7, 11) is 0. The van der Waals surface area contributed by atoms with E-state index in [2.05, 4.69) is 30.7 Å². The predicted octanol–water partition coefficient (Wildman–Crippen LogP) is 3.82. The third kappa shape index (κ3) is 1.91. The van der Waals surface area contributed by atoms with E-state index in [4.69, 9.17) is 5.73 Å². The molecule has 3 rings (SSSR count). The Kier molecular flexibility index (Phi) is 3.23. The van der Waals surface area contributed by atoms with E-state index in [9.17, 15) is 0 Å². The lowest BCUT2D eigenvalue weighted by atomic mass is 9.77. The van der Waals surface area contributed by atoms with Gasteiger partial charge in [-0.1, -0.05) is 26.7 Å². The SMILES string of the molecule is CC1CCCC(n2ccc3c2CCCC3N)C1C. The molecule has 0 aliphatic heterocycles. The summed E-state index contributed by atoms with van der Waals surface area (Å²) in [5, 5.41) is 0. The van der Waals surface area contributed by atoms with Crippen molar-refractivity contribution >= 4 is 0 Å². The van der Waals surface area contributed by atoms with Gasteiger partial charge in [-0.15, -0.1) is 0 Å². The minimum absolute atomic E-state index is 0.284. The predicted molar refractivity (Wildman–Crippen MR) is 75.5 cm³/mol. The highest BCUT2D eigenvalue weighted by Crippen LogP contribution is 2.40. The van der Waals surface area contributed by atoms with Gasteiger partial charge in [-0.05, 0) is 49.1 Å². The van der Waals surface area contributed by atoms with Gasteiger partial charge in [0.25, 0.3) is 0 Å². The van der Waals surface area contributed by atoms with Crippen molar-refractivity contribution in [2.24, 2.45) is 17.6 Å². The number of rotatable bonds is 1. The topological polar surface area (TPSA) is 30.9 Å². The minimum Gasteiger partial charge on any atom is -0.348 e. The quantitative estimate of drug-likeness (QED) is 0.802. The highest BCUT2D eigenvalue weighted by atomic mass is 15.0. The molecule has 1 fully saturated rings. The van der Waals surface area contributed by atoms with Crippen LogP contribution in [0.1, 0.15) is 69.3 Å². The molecule has 2 aliphatic carbocycles. The Balaban J connectivity index is 1.92. The Morgan fingerprint density at radius 1 is 1.17 bits per heavy atom. The Labute approximate surface area is 111 Å². The summed E-state index contributed by atoms with van der Waals surface area (Å²) in [5.41, 5.74) is 9.20. The molecule has 4 atom stereocenters. The Bertz CT molecular complexity index is 421. The average molecular weight is 246 g/mol. The van der Waals surface area contributed by atoms with Crippen LogP contribution in [-0.4, -0.2) is 4.57 Å². The van der Waals surface area contributed by atoms with Gasteiger partial charge < -0.3 is 10.3 Å². The van der Waals surface area contributed by atoms with Crippen LogP contribution in [0.25, 0.3) is 0 Å². The van der Waals surface area contributed by atoms with E-state index in [1.54, 1.807) is 5.69 Å². The van der Waals surface area contributed by atoms with E-state index >= 15 is 0 Å². The summed E-state index contributed by atoms with van der Waals surface area (Å²) in [5.74, 6) is 1.66. The number of hydrogen-bond acceptors (Lipinski definition) is 1. The molecule has 1 aromatic rings. The van der Waals surface area contributed by atoms with Crippen LogP contribution >= 0.6 is 0 Å². The largest absolute Gasteiger partial charge is 0.348 e. The smallest absolute Gasteiger partial charge is 0.0361 e. The standard InChI is InChI=1S/C16H26N2/c1-11-5-3-7-15(12(11)2)18-10-9-13-14(17)6-4-8-16(13)18/h9-12,14-15H,3-8,17H2,1-2H3. The van der Waals surface area contributed by atoms with Crippen LogP contribution in [0.5, 0.6) is 0 Å². The van der Waals surface area contributed by atoms with Crippen molar-refractivity contribution in [3.05, 3.63) is 23.5 Å². The molecule has 1 heterocycles. The Morgan fingerprint density at radius 3 is 2.83 bits per heavy atom. The molecule has 4 unspecified atom stereocenters. The van der Waals surface area contributed by atoms with Crippen molar-refractivity contribution in [3.8, 4) is 0 Å². The van der Waals surface area contributed by atoms with Crippen molar-refractivity contribution in [1.82, 2.24) is 4.57 Å². The van der Waals surface area contributed by atoms with Crippen LogP contribution < -0.4 is 5.73 Å². The van der Waals surface area contributed by atoms with Crippen LogP contribution in [0.15, 0.2) is 12.3 Å². The lowest BCUT2D eigenvalue weighted by Crippen LogP contribution is -2.28. The van der Waals surface area contributed by atoms with Crippen LogP contribution in [0.4, 0.5) is 0 Å². The first-order valence-electron chi connectivity index (χ1n) is 7.63. The number of fused-ring (bicyclic) bond motifs is 1. The molecule has 2 nitrogen and oxygen atoms in total. The van der Waals surface area contributed by atoms with Gasteiger partial charge in [0.1, 0.15) is 0 Å². The molecule has 0 saturated heterocycles. The summed E-state index contributed by atoms with van der Waals surface area (Å²) in [6.07, 6.45) is 10.1. The van der Waals surface area contributed by atoms with E-state index in [1.165, 1.54) is 37.7 Å². The van der Waals surface area contributed by atoms with Crippen molar-refractivity contribution in [2.75, 3.05) is 0 Å². The average Bonchev–Trinajstić information content (AvgIpc) is 2.78. The number of nitrogens with zero attached hydrogens (tertiary/aromatic N) is 1. The van der Waals surface area contributed by atoms with Crippen molar-refractivity contribution in [3.63, 3.8) is 0 Å². The molecule has 2 aliphatic rings. The maximum absolute atomic E-state index is 6.24. The van der Waals surface area contributed by atoms with Crippen LogP contribution in [0, 0.1) is 11.8 Å². The molecular formula is C16H26N2. The Hall–Kier alpha value is -0.760. The fraction of sp³-hybridized carbons (Fsp3) is 0.750. The van der Waals surface area contributed by atoms with Gasteiger partial charge in [0, 0.05) is 24.0 Å².